The second kappa shape index (κ2) is 4.84. The van der Waals surface area contributed by atoms with Crippen LogP contribution >= 0.6 is 23.1 Å². The van der Waals surface area contributed by atoms with Crippen LogP contribution in [0, 0.1) is 0 Å². The van der Waals surface area contributed by atoms with Crippen molar-refractivity contribution >= 4 is 29.2 Å². The monoisotopic (exact) mass is 284 g/mol. The SMILES string of the molecule is C1=Cc2sc3c(c2CCC1)Sc1ccccc1CC3. The second-order valence-electron chi connectivity index (χ2n) is 5.20. The van der Waals surface area contributed by atoms with Crippen LogP contribution < -0.4 is 0 Å². The number of hydrogen-bond donors (Lipinski definition) is 0. The summed E-state index contributed by atoms with van der Waals surface area (Å²) < 4.78 is 0. The van der Waals surface area contributed by atoms with Gasteiger partial charge in [-0.05, 0) is 55.4 Å². The molecule has 0 bridgehead atoms. The van der Waals surface area contributed by atoms with E-state index in [0.29, 0.717) is 0 Å². The van der Waals surface area contributed by atoms with Crippen LogP contribution in [0.25, 0.3) is 6.08 Å². The molecule has 0 unspecified atom stereocenters. The molecule has 0 spiro atoms. The van der Waals surface area contributed by atoms with Crippen molar-refractivity contribution in [3.05, 3.63) is 51.2 Å². The maximum absolute atomic E-state index is 2.36. The highest BCUT2D eigenvalue weighted by Gasteiger charge is 2.22. The van der Waals surface area contributed by atoms with Crippen molar-refractivity contribution in [1.29, 1.82) is 0 Å². The van der Waals surface area contributed by atoms with Gasteiger partial charge in [-0.15, -0.1) is 11.3 Å². The fourth-order valence-corrected chi connectivity index (χ4v) is 5.64. The van der Waals surface area contributed by atoms with Gasteiger partial charge in [-0.2, -0.15) is 0 Å². The fourth-order valence-electron chi connectivity index (χ4n) is 2.93. The van der Waals surface area contributed by atoms with Gasteiger partial charge in [0.2, 0.25) is 0 Å². The summed E-state index contributed by atoms with van der Waals surface area (Å²) in [5.41, 5.74) is 3.14. The molecule has 0 fully saturated rings. The van der Waals surface area contributed by atoms with E-state index in [-0.39, 0.29) is 0 Å². The Labute approximate surface area is 122 Å². The molecule has 0 N–H and O–H groups in total. The molecule has 0 radical (unpaired) electrons. The summed E-state index contributed by atoms with van der Waals surface area (Å²) in [7, 11) is 0. The quantitative estimate of drug-likeness (QED) is 0.628. The van der Waals surface area contributed by atoms with E-state index in [0.717, 1.165) is 0 Å². The minimum Gasteiger partial charge on any atom is -0.139 e. The molecule has 4 rings (SSSR count). The third-order valence-electron chi connectivity index (χ3n) is 3.93. The molecule has 0 saturated heterocycles. The lowest BCUT2D eigenvalue weighted by molar-refractivity contribution is 0.837. The zero-order chi connectivity index (χ0) is 12.7. The Morgan fingerprint density at radius 3 is 2.95 bits per heavy atom. The third kappa shape index (κ3) is 2.07. The number of fused-ring (bicyclic) bond motifs is 4. The van der Waals surface area contributed by atoms with Crippen LogP contribution in [-0.4, -0.2) is 0 Å². The van der Waals surface area contributed by atoms with Crippen LogP contribution in [-0.2, 0) is 19.3 Å². The van der Waals surface area contributed by atoms with Crippen LogP contribution in [0.5, 0.6) is 0 Å². The predicted molar refractivity (Wildman–Crippen MR) is 84.3 cm³/mol. The van der Waals surface area contributed by atoms with Crippen LogP contribution in [0.1, 0.15) is 33.7 Å². The lowest BCUT2D eigenvalue weighted by Gasteiger charge is -2.06. The van der Waals surface area contributed by atoms with E-state index < -0.39 is 0 Å². The Morgan fingerprint density at radius 2 is 1.95 bits per heavy atom. The molecule has 2 heteroatoms. The number of benzene rings is 1. The highest BCUT2D eigenvalue weighted by molar-refractivity contribution is 7.99. The van der Waals surface area contributed by atoms with Crippen molar-refractivity contribution in [3.63, 3.8) is 0 Å². The number of aryl methyl sites for hydroxylation is 2. The predicted octanol–water partition coefficient (Wildman–Crippen LogP) is 5.35. The molecule has 96 valence electrons. The molecule has 1 aliphatic carbocycles. The van der Waals surface area contributed by atoms with E-state index >= 15 is 0 Å². The van der Waals surface area contributed by atoms with Gasteiger partial charge in [-0.25, -0.2) is 0 Å². The van der Waals surface area contributed by atoms with E-state index in [2.05, 4.69) is 36.4 Å². The zero-order valence-corrected chi connectivity index (χ0v) is 12.4. The second-order valence-corrected chi connectivity index (χ2v) is 7.39. The summed E-state index contributed by atoms with van der Waals surface area (Å²) in [6.45, 7) is 0. The third-order valence-corrected chi connectivity index (χ3v) is 6.63. The highest BCUT2D eigenvalue weighted by Crippen LogP contribution is 2.45. The molecule has 2 aromatic rings. The van der Waals surface area contributed by atoms with Crippen molar-refractivity contribution in [2.24, 2.45) is 0 Å². The normalized spacial score (nSPS) is 17.1. The summed E-state index contributed by atoms with van der Waals surface area (Å²) in [4.78, 5) is 6.18. The van der Waals surface area contributed by atoms with Crippen LogP contribution in [0.4, 0.5) is 0 Å². The topological polar surface area (TPSA) is 0 Å². The molecule has 1 aromatic heterocycles. The molecule has 0 nitrogen and oxygen atoms in total. The first kappa shape index (κ1) is 11.8. The van der Waals surface area contributed by atoms with Gasteiger partial charge in [0.05, 0.1) is 0 Å². The van der Waals surface area contributed by atoms with Gasteiger partial charge in [0.15, 0.2) is 0 Å². The molecule has 0 amide bonds. The van der Waals surface area contributed by atoms with E-state index in [4.69, 9.17) is 0 Å². The Bertz CT molecular complexity index is 649. The smallest absolute Gasteiger partial charge is 0.0313 e. The Kier molecular flexibility index (Phi) is 3.01. The van der Waals surface area contributed by atoms with E-state index in [1.807, 2.05) is 23.1 Å². The summed E-state index contributed by atoms with van der Waals surface area (Å²) in [5, 5.41) is 0. The molecule has 1 aromatic carbocycles. The van der Waals surface area contributed by atoms with E-state index in [1.165, 1.54) is 47.4 Å². The van der Waals surface area contributed by atoms with Gasteiger partial charge in [0, 0.05) is 19.5 Å². The molecule has 19 heavy (non-hydrogen) atoms. The Morgan fingerprint density at radius 1 is 1.00 bits per heavy atom. The number of thiophene rings is 1. The maximum Gasteiger partial charge on any atom is 0.0313 e. The van der Waals surface area contributed by atoms with E-state index in [9.17, 15) is 0 Å². The van der Waals surface area contributed by atoms with Gasteiger partial charge < -0.3 is 0 Å². The molecule has 2 aliphatic rings. The average Bonchev–Trinajstić information content (AvgIpc) is 2.63. The summed E-state index contributed by atoms with van der Waals surface area (Å²) in [6, 6.07) is 8.91. The lowest BCUT2D eigenvalue weighted by atomic mass is 10.1. The van der Waals surface area contributed by atoms with Crippen molar-refractivity contribution in [3.8, 4) is 0 Å². The largest absolute Gasteiger partial charge is 0.139 e. The minimum absolute atomic E-state index is 1.19. The fraction of sp³-hybridized carbons (Fsp3) is 0.294. The first-order chi connectivity index (χ1) is 9.42. The maximum atomic E-state index is 2.36. The molecule has 2 heterocycles. The van der Waals surface area contributed by atoms with Gasteiger partial charge in [-0.3, -0.25) is 0 Å². The van der Waals surface area contributed by atoms with E-state index in [1.54, 1.807) is 15.3 Å². The average molecular weight is 284 g/mol. The highest BCUT2D eigenvalue weighted by atomic mass is 32.2. The summed E-state index contributed by atoms with van der Waals surface area (Å²) >= 11 is 4.04. The van der Waals surface area contributed by atoms with Crippen molar-refractivity contribution in [2.45, 2.75) is 41.9 Å². The molecule has 0 saturated carbocycles. The summed E-state index contributed by atoms with van der Waals surface area (Å²) in [5.74, 6) is 0. The number of hydrogen-bond acceptors (Lipinski definition) is 2. The Balaban J connectivity index is 1.84. The van der Waals surface area contributed by atoms with Crippen LogP contribution in [0.3, 0.4) is 0 Å². The minimum atomic E-state index is 1.19. The van der Waals surface area contributed by atoms with Gasteiger partial charge >= 0.3 is 0 Å². The van der Waals surface area contributed by atoms with Gasteiger partial charge in [0.1, 0.15) is 0 Å². The molecular formula is C17H16S2. The Hall–Kier alpha value is -0.990. The number of allylic oxidation sites excluding steroid dienone is 1. The zero-order valence-electron chi connectivity index (χ0n) is 10.8. The lowest BCUT2D eigenvalue weighted by Crippen LogP contribution is -1.87. The first-order valence-corrected chi connectivity index (χ1v) is 8.62. The standard InChI is InChI=1S/C17H16S2/c1-2-7-13-15(9-3-1)18-16-11-10-12-6-4-5-8-14(12)19-17(13)16/h3-6,8-9H,1-2,7,10-11H2. The molecule has 1 aliphatic heterocycles. The number of rotatable bonds is 0. The van der Waals surface area contributed by atoms with Gasteiger partial charge in [-0.1, -0.05) is 36.0 Å². The first-order valence-electron chi connectivity index (χ1n) is 6.98. The van der Waals surface area contributed by atoms with Crippen molar-refractivity contribution < 1.29 is 0 Å². The van der Waals surface area contributed by atoms with Crippen molar-refractivity contribution in [1.82, 2.24) is 0 Å². The van der Waals surface area contributed by atoms with Gasteiger partial charge in [0.25, 0.3) is 0 Å². The molecular weight excluding hydrogens is 268 g/mol. The van der Waals surface area contributed by atoms with Crippen LogP contribution in [0.2, 0.25) is 0 Å². The molecule has 0 atom stereocenters. The van der Waals surface area contributed by atoms with Crippen molar-refractivity contribution in [2.75, 3.05) is 0 Å². The summed E-state index contributed by atoms with van der Waals surface area (Å²) in [6.07, 6.45) is 10.9. The van der Waals surface area contributed by atoms with Crippen LogP contribution in [0.15, 0.2) is 40.1 Å².